The van der Waals surface area contributed by atoms with E-state index in [0.29, 0.717) is 12.1 Å². The van der Waals surface area contributed by atoms with Gasteiger partial charge in [-0.3, -0.25) is 14.9 Å². The van der Waals surface area contributed by atoms with Gasteiger partial charge in [-0.25, -0.2) is 0 Å². The van der Waals surface area contributed by atoms with Crippen molar-refractivity contribution in [2.45, 2.75) is 19.3 Å². The molecule has 1 aliphatic heterocycles. The first kappa shape index (κ1) is 15.7. The third-order valence-electron chi connectivity index (χ3n) is 3.54. The van der Waals surface area contributed by atoms with Gasteiger partial charge in [0, 0.05) is 18.2 Å². The molecule has 0 spiro atoms. The Morgan fingerprint density at radius 3 is 2.71 bits per heavy atom. The molecule has 6 nitrogen and oxygen atoms in total. The first-order valence-corrected chi connectivity index (χ1v) is 7.40. The van der Waals surface area contributed by atoms with Gasteiger partial charge in [0.25, 0.3) is 11.6 Å². The van der Waals surface area contributed by atoms with E-state index >= 15 is 0 Å². The van der Waals surface area contributed by atoms with Crippen LogP contribution in [-0.4, -0.2) is 41.9 Å². The highest BCUT2D eigenvalue weighted by Crippen LogP contribution is 2.24. The molecule has 1 amide bonds. The minimum atomic E-state index is -0.569. The number of benzene rings is 1. The second-order valence-corrected chi connectivity index (χ2v) is 5.49. The number of carbonyl (C=O) groups is 1. The van der Waals surface area contributed by atoms with E-state index in [-0.39, 0.29) is 16.6 Å². The summed E-state index contributed by atoms with van der Waals surface area (Å²) in [4.78, 5) is 24.4. The molecule has 0 atom stereocenters. The van der Waals surface area contributed by atoms with Gasteiger partial charge in [-0.05, 0) is 51.0 Å². The van der Waals surface area contributed by atoms with Gasteiger partial charge >= 0.3 is 0 Å². The van der Waals surface area contributed by atoms with Crippen LogP contribution in [0.5, 0.6) is 0 Å². The normalized spacial score (nSPS) is 15.1. The van der Waals surface area contributed by atoms with Crippen LogP contribution in [0.1, 0.15) is 29.6 Å². The molecule has 1 aliphatic rings. The number of rotatable bonds is 6. The van der Waals surface area contributed by atoms with Crippen LogP contribution in [0.2, 0.25) is 5.02 Å². The van der Waals surface area contributed by atoms with Crippen LogP contribution in [0, 0.1) is 10.1 Å². The average Bonchev–Trinajstić information content (AvgIpc) is 2.96. The number of nitro benzene ring substituents is 1. The Balaban J connectivity index is 1.80. The highest BCUT2D eigenvalue weighted by molar-refractivity contribution is 6.33. The van der Waals surface area contributed by atoms with Crippen LogP contribution in [0.4, 0.5) is 5.69 Å². The quantitative estimate of drug-likeness (QED) is 0.497. The largest absolute Gasteiger partial charge is 0.352 e. The monoisotopic (exact) mass is 311 g/mol. The molecule has 1 saturated heterocycles. The van der Waals surface area contributed by atoms with Crippen LogP contribution in [0.25, 0.3) is 0 Å². The van der Waals surface area contributed by atoms with Crippen molar-refractivity contribution >= 4 is 23.2 Å². The first-order chi connectivity index (χ1) is 10.1. The van der Waals surface area contributed by atoms with Crippen LogP contribution in [0.3, 0.4) is 0 Å². The zero-order chi connectivity index (χ0) is 15.2. The molecule has 2 rings (SSSR count). The molecular formula is C14H18ClN3O3. The molecule has 0 aromatic heterocycles. The Morgan fingerprint density at radius 2 is 2.10 bits per heavy atom. The van der Waals surface area contributed by atoms with Gasteiger partial charge in [0.2, 0.25) is 0 Å². The highest BCUT2D eigenvalue weighted by atomic mass is 35.5. The summed E-state index contributed by atoms with van der Waals surface area (Å²) in [5, 5.41) is 13.4. The van der Waals surface area contributed by atoms with E-state index in [2.05, 4.69) is 10.2 Å². The van der Waals surface area contributed by atoms with Crippen LogP contribution in [0.15, 0.2) is 18.2 Å². The van der Waals surface area contributed by atoms with E-state index < -0.39 is 4.92 Å². The molecule has 0 unspecified atom stereocenters. The zero-order valence-corrected chi connectivity index (χ0v) is 12.4. The number of carbonyl (C=O) groups excluding carboxylic acids is 1. The first-order valence-electron chi connectivity index (χ1n) is 7.02. The molecule has 1 N–H and O–H groups in total. The number of amides is 1. The molecule has 1 heterocycles. The minimum absolute atomic E-state index is 0.0234. The van der Waals surface area contributed by atoms with Crippen molar-refractivity contribution in [3.05, 3.63) is 38.9 Å². The Labute approximate surface area is 128 Å². The predicted molar refractivity (Wildman–Crippen MR) is 80.7 cm³/mol. The van der Waals surface area contributed by atoms with E-state index in [1.54, 1.807) is 0 Å². The predicted octanol–water partition coefficient (Wildman–Crippen LogP) is 2.46. The van der Waals surface area contributed by atoms with E-state index in [4.69, 9.17) is 11.6 Å². The van der Waals surface area contributed by atoms with Gasteiger partial charge in [-0.1, -0.05) is 11.6 Å². The lowest BCUT2D eigenvalue weighted by atomic mass is 10.2. The summed E-state index contributed by atoms with van der Waals surface area (Å²) in [5.41, 5.74) is 0.147. The molecule has 21 heavy (non-hydrogen) atoms. The standard InChI is InChI=1S/C14H18ClN3O3/c15-12-10-11(4-5-13(12)18(20)21)14(19)16-6-3-9-17-7-1-2-8-17/h4-5,10H,1-3,6-9H2,(H,16,19). The second kappa shape index (κ2) is 7.38. The zero-order valence-electron chi connectivity index (χ0n) is 11.7. The maximum absolute atomic E-state index is 11.9. The molecule has 0 saturated carbocycles. The van der Waals surface area contributed by atoms with Crippen molar-refractivity contribution in [3.63, 3.8) is 0 Å². The van der Waals surface area contributed by atoms with E-state index in [9.17, 15) is 14.9 Å². The van der Waals surface area contributed by atoms with Crippen molar-refractivity contribution in [1.29, 1.82) is 0 Å². The van der Waals surface area contributed by atoms with E-state index in [0.717, 1.165) is 26.1 Å². The van der Waals surface area contributed by atoms with Crippen LogP contribution >= 0.6 is 11.6 Å². The number of nitrogens with one attached hydrogen (secondary N) is 1. The summed E-state index contributed by atoms with van der Waals surface area (Å²) in [6.45, 7) is 3.86. The smallest absolute Gasteiger partial charge is 0.287 e. The minimum Gasteiger partial charge on any atom is -0.352 e. The maximum Gasteiger partial charge on any atom is 0.287 e. The Kier molecular flexibility index (Phi) is 5.52. The summed E-state index contributed by atoms with van der Waals surface area (Å²) >= 11 is 5.79. The number of nitro groups is 1. The lowest BCUT2D eigenvalue weighted by Crippen LogP contribution is -2.28. The molecule has 0 radical (unpaired) electrons. The lowest BCUT2D eigenvalue weighted by Gasteiger charge is -2.14. The van der Waals surface area contributed by atoms with Crippen LogP contribution in [-0.2, 0) is 0 Å². The molecule has 7 heteroatoms. The second-order valence-electron chi connectivity index (χ2n) is 5.08. The van der Waals surface area contributed by atoms with Crippen molar-refractivity contribution in [2.24, 2.45) is 0 Å². The van der Waals surface area contributed by atoms with Crippen molar-refractivity contribution in [3.8, 4) is 0 Å². The third-order valence-corrected chi connectivity index (χ3v) is 3.84. The maximum atomic E-state index is 11.9. The summed E-state index contributed by atoms with van der Waals surface area (Å²) in [6, 6.07) is 4.00. The van der Waals surface area contributed by atoms with Gasteiger partial charge in [-0.2, -0.15) is 0 Å². The molecular weight excluding hydrogens is 294 g/mol. The molecule has 0 bridgehead atoms. The molecule has 1 fully saturated rings. The van der Waals surface area contributed by atoms with Gasteiger partial charge in [-0.15, -0.1) is 0 Å². The Morgan fingerprint density at radius 1 is 1.38 bits per heavy atom. The number of nitrogens with zero attached hydrogens (tertiary/aromatic N) is 2. The van der Waals surface area contributed by atoms with Gasteiger partial charge in [0.15, 0.2) is 0 Å². The summed E-state index contributed by atoms with van der Waals surface area (Å²) in [6.07, 6.45) is 3.41. The molecule has 114 valence electrons. The van der Waals surface area contributed by atoms with Gasteiger partial charge in [0.1, 0.15) is 5.02 Å². The van der Waals surface area contributed by atoms with Crippen molar-refractivity contribution < 1.29 is 9.72 Å². The van der Waals surface area contributed by atoms with Crippen molar-refractivity contribution in [1.82, 2.24) is 10.2 Å². The summed E-state index contributed by atoms with van der Waals surface area (Å²) in [7, 11) is 0. The Hall–Kier alpha value is -1.66. The molecule has 1 aromatic carbocycles. The molecule has 0 aliphatic carbocycles. The van der Waals surface area contributed by atoms with Crippen LogP contribution < -0.4 is 5.32 Å². The summed E-state index contributed by atoms with van der Waals surface area (Å²) in [5.74, 6) is -0.256. The van der Waals surface area contributed by atoms with Gasteiger partial charge in [0.05, 0.1) is 4.92 Å². The van der Waals surface area contributed by atoms with Crippen molar-refractivity contribution in [2.75, 3.05) is 26.2 Å². The average molecular weight is 312 g/mol. The number of halogens is 1. The number of hydrogen-bond donors (Lipinski definition) is 1. The topological polar surface area (TPSA) is 75.5 Å². The third kappa shape index (κ3) is 4.41. The van der Waals surface area contributed by atoms with E-state index in [1.165, 1.54) is 31.0 Å². The number of likely N-dealkylation sites (tertiary alicyclic amines) is 1. The lowest BCUT2D eigenvalue weighted by molar-refractivity contribution is -0.384. The highest BCUT2D eigenvalue weighted by Gasteiger charge is 2.15. The van der Waals surface area contributed by atoms with E-state index in [1.807, 2.05) is 0 Å². The van der Waals surface area contributed by atoms with Gasteiger partial charge < -0.3 is 10.2 Å². The fourth-order valence-electron chi connectivity index (χ4n) is 2.41. The molecule has 1 aromatic rings. The SMILES string of the molecule is O=C(NCCCN1CCCC1)c1ccc([N+](=O)[O-])c(Cl)c1. The Bertz CT molecular complexity index is 530. The fraction of sp³-hybridized carbons (Fsp3) is 0.500. The number of hydrogen-bond acceptors (Lipinski definition) is 4. The fourth-order valence-corrected chi connectivity index (χ4v) is 2.66. The summed E-state index contributed by atoms with van der Waals surface area (Å²) < 4.78 is 0.